The Balaban J connectivity index is 1.32. The second kappa shape index (κ2) is 12.5. The molecule has 2 heteroatoms. The Morgan fingerprint density at radius 3 is 1.65 bits per heavy atom. The molecular formula is C53H35NO. The van der Waals surface area contributed by atoms with E-state index in [1.165, 1.54) is 44.2 Å². The summed E-state index contributed by atoms with van der Waals surface area (Å²) in [7, 11) is 0. The molecule has 258 valence electrons. The summed E-state index contributed by atoms with van der Waals surface area (Å²) in [6, 6.07) is 77.0. The summed E-state index contributed by atoms with van der Waals surface area (Å²) in [4.78, 5) is 2.46. The van der Waals surface area contributed by atoms with E-state index in [2.05, 4.69) is 211 Å². The summed E-state index contributed by atoms with van der Waals surface area (Å²) in [5.74, 6) is 0. The molecule has 1 aliphatic carbocycles. The third kappa shape index (κ3) is 4.62. The second-order valence-electron chi connectivity index (χ2n) is 14.4. The van der Waals surface area contributed by atoms with E-state index >= 15 is 0 Å². The van der Waals surface area contributed by atoms with Crippen molar-refractivity contribution >= 4 is 49.8 Å². The van der Waals surface area contributed by atoms with Gasteiger partial charge in [0.1, 0.15) is 5.58 Å². The van der Waals surface area contributed by atoms with Gasteiger partial charge in [-0.15, -0.1) is 0 Å². The van der Waals surface area contributed by atoms with Crippen LogP contribution in [0.25, 0.3) is 55.0 Å². The van der Waals surface area contributed by atoms with Gasteiger partial charge >= 0.3 is 0 Å². The molecule has 0 spiro atoms. The van der Waals surface area contributed by atoms with Crippen LogP contribution in [0.1, 0.15) is 22.3 Å². The van der Waals surface area contributed by atoms with Crippen molar-refractivity contribution in [2.45, 2.75) is 5.41 Å². The normalized spacial score (nSPS) is 12.9. The zero-order valence-corrected chi connectivity index (χ0v) is 30.1. The van der Waals surface area contributed by atoms with Gasteiger partial charge < -0.3 is 9.32 Å². The predicted molar refractivity (Wildman–Crippen MR) is 229 cm³/mol. The van der Waals surface area contributed by atoms with Gasteiger partial charge in [0.05, 0.1) is 22.5 Å². The lowest BCUT2D eigenvalue weighted by molar-refractivity contribution is 0.669. The maximum atomic E-state index is 6.85. The highest BCUT2D eigenvalue weighted by Gasteiger charge is 2.47. The summed E-state index contributed by atoms with van der Waals surface area (Å²) in [6.07, 6.45) is 0. The van der Waals surface area contributed by atoms with Crippen LogP contribution in [0.5, 0.6) is 0 Å². The Labute approximate surface area is 320 Å². The molecule has 2 nitrogen and oxygen atoms in total. The number of fused-ring (bicyclic) bond motifs is 8. The van der Waals surface area contributed by atoms with Crippen LogP contribution in [0.4, 0.5) is 17.1 Å². The Morgan fingerprint density at radius 1 is 0.364 bits per heavy atom. The molecule has 0 radical (unpaired) electrons. The topological polar surface area (TPSA) is 16.4 Å². The monoisotopic (exact) mass is 701 g/mol. The summed E-state index contributed by atoms with van der Waals surface area (Å²) >= 11 is 0. The predicted octanol–water partition coefficient (Wildman–Crippen LogP) is 14.2. The van der Waals surface area contributed by atoms with Crippen LogP contribution in [0.2, 0.25) is 0 Å². The maximum Gasteiger partial charge on any atom is 0.159 e. The van der Waals surface area contributed by atoms with Crippen LogP contribution in [-0.2, 0) is 5.41 Å². The molecule has 0 saturated heterocycles. The Bertz CT molecular complexity index is 3000. The molecule has 9 aromatic carbocycles. The van der Waals surface area contributed by atoms with Gasteiger partial charge in [-0.05, 0) is 68.6 Å². The van der Waals surface area contributed by atoms with Crippen molar-refractivity contribution < 1.29 is 4.42 Å². The molecule has 1 heterocycles. The van der Waals surface area contributed by atoms with Crippen LogP contribution in [0.3, 0.4) is 0 Å². The van der Waals surface area contributed by atoms with Gasteiger partial charge in [-0.3, -0.25) is 0 Å². The molecule has 0 N–H and O–H groups in total. The fourth-order valence-corrected chi connectivity index (χ4v) is 9.29. The Morgan fingerprint density at radius 2 is 0.909 bits per heavy atom. The molecule has 0 bridgehead atoms. The molecule has 0 fully saturated rings. The minimum absolute atomic E-state index is 0.566. The first-order valence-corrected chi connectivity index (χ1v) is 18.9. The fourth-order valence-electron chi connectivity index (χ4n) is 9.29. The number of hydrogen-bond acceptors (Lipinski definition) is 2. The van der Waals surface area contributed by atoms with Gasteiger partial charge in [-0.2, -0.15) is 0 Å². The van der Waals surface area contributed by atoms with E-state index in [1.54, 1.807) is 0 Å². The first-order valence-electron chi connectivity index (χ1n) is 18.9. The van der Waals surface area contributed by atoms with Gasteiger partial charge in [0.25, 0.3) is 0 Å². The van der Waals surface area contributed by atoms with Crippen LogP contribution in [0, 0.1) is 0 Å². The lowest BCUT2D eigenvalue weighted by Gasteiger charge is -2.35. The molecule has 11 rings (SSSR count). The van der Waals surface area contributed by atoms with Crippen LogP contribution >= 0.6 is 0 Å². The maximum absolute atomic E-state index is 6.85. The minimum Gasteiger partial charge on any atom is -0.454 e. The van der Waals surface area contributed by atoms with Gasteiger partial charge in [0, 0.05) is 21.7 Å². The number of rotatable bonds is 6. The largest absolute Gasteiger partial charge is 0.454 e. The summed E-state index contributed by atoms with van der Waals surface area (Å²) in [5, 5.41) is 4.59. The van der Waals surface area contributed by atoms with Crippen molar-refractivity contribution in [2.24, 2.45) is 0 Å². The molecule has 55 heavy (non-hydrogen) atoms. The van der Waals surface area contributed by atoms with Gasteiger partial charge in [-0.25, -0.2) is 0 Å². The van der Waals surface area contributed by atoms with E-state index in [-0.39, 0.29) is 0 Å². The first-order chi connectivity index (χ1) is 27.3. The SMILES string of the molecule is c1ccc(-c2ccccc2N(c2cc3c(c4ccccc24)-c2ccccc2C3(c2ccccc2)c2ccccc2)c2cccc3c2oc2ccccc23)cc1. The van der Waals surface area contributed by atoms with E-state index in [0.717, 1.165) is 50.1 Å². The van der Waals surface area contributed by atoms with Crippen molar-refractivity contribution in [2.75, 3.05) is 4.90 Å². The molecule has 0 saturated carbocycles. The zero-order chi connectivity index (χ0) is 36.3. The summed E-state index contributed by atoms with van der Waals surface area (Å²) in [5.41, 5.74) is 14.2. The van der Waals surface area contributed by atoms with Crippen molar-refractivity contribution in [1.82, 2.24) is 0 Å². The molecular weight excluding hydrogens is 667 g/mol. The molecule has 0 aliphatic heterocycles. The van der Waals surface area contributed by atoms with Crippen LogP contribution in [-0.4, -0.2) is 0 Å². The molecule has 10 aromatic rings. The van der Waals surface area contributed by atoms with Crippen molar-refractivity contribution in [3.8, 4) is 22.3 Å². The molecule has 0 amide bonds. The van der Waals surface area contributed by atoms with Gasteiger partial charge in [-0.1, -0.05) is 188 Å². The lowest BCUT2D eigenvalue weighted by atomic mass is 9.67. The minimum atomic E-state index is -0.566. The third-order valence-corrected chi connectivity index (χ3v) is 11.5. The van der Waals surface area contributed by atoms with E-state index in [1.807, 2.05) is 6.07 Å². The quantitative estimate of drug-likeness (QED) is 0.172. The lowest BCUT2D eigenvalue weighted by Crippen LogP contribution is -2.28. The highest BCUT2D eigenvalue weighted by molar-refractivity contribution is 6.15. The van der Waals surface area contributed by atoms with Crippen molar-refractivity contribution in [3.63, 3.8) is 0 Å². The van der Waals surface area contributed by atoms with E-state index in [0.29, 0.717) is 0 Å². The fraction of sp³-hybridized carbons (Fsp3) is 0.0189. The summed E-state index contributed by atoms with van der Waals surface area (Å²) < 4.78 is 6.85. The number of para-hydroxylation sites is 3. The zero-order valence-electron chi connectivity index (χ0n) is 30.1. The van der Waals surface area contributed by atoms with Crippen molar-refractivity contribution in [1.29, 1.82) is 0 Å². The van der Waals surface area contributed by atoms with Crippen LogP contribution < -0.4 is 4.90 Å². The number of furan rings is 1. The number of anilines is 3. The van der Waals surface area contributed by atoms with E-state index in [9.17, 15) is 0 Å². The van der Waals surface area contributed by atoms with Crippen molar-refractivity contribution in [3.05, 3.63) is 235 Å². The molecule has 0 unspecified atom stereocenters. The molecule has 1 aromatic heterocycles. The van der Waals surface area contributed by atoms with E-state index in [4.69, 9.17) is 4.42 Å². The van der Waals surface area contributed by atoms with Gasteiger partial charge in [0.15, 0.2) is 5.58 Å². The van der Waals surface area contributed by atoms with E-state index < -0.39 is 5.41 Å². The highest BCUT2D eigenvalue weighted by atomic mass is 16.3. The average molecular weight is 702 g/mol. The average Bonchev–Trinajstić information content (AvgIpc) is 3.79. The molecule has 1 aliphatic rings. The first kappa shape index (κ1) is 31.4. The smallest absolute Gasteiger partial charge is 0.159 e. The Kier molecular flexibility index (Phi) is 7.11. The number of nitrogens with zero attached hydrogens (tertiary/aromatic N) is 1. The Hall–Kier alpha value is -7.16. The second-order valence-corrected chi connectivity index (χ2v) is 14.4. The van der Waals surface area contributed by atoms with Gasteiger partial charge in [0.2, 0.25) is 0 Å². The number of hydrogen-bond donors (Lipinski definition) is 0. The molecule has 0 atom stereocenters. The van der Waals surface area contributed by atoms with Crippen LogP contribution in [0.15, 0.2) is 217 Å². The third-order valence-electron chi connectivity index (χ3n) is 11.5. The standard InChI is InChI=1S/C53H35NO/c1-4-19-36(20-5-1)39-25-13-16-32-47(39)54(48-33-18-30-43-41-27-14-17-34-50(41)55-52(43)48)49-35-46-51(42-28-11-10-26-40(42)49)44-29-12-15-31-45(44)53(46,37-21-6-2-7-22-37)38-23-8-3-9-24-38/h1-35H. The summed E-state index contributed by atoms with van der Waals surface area (Å²) in [6.45, 7) is 0. The highest BCUT2D eigenvalue weighted by Crippen LogP contribution is 2.60. The number of benzene rings is 9.